The van der Waals surface area contributed by atoms with Crippen LogP contribution >= 0.6 is 0 Å². The second-order valence-corrected chi connectivity index (χ2v) is 3.79. The molecule has 0 aliphatic rings. The van der Waals surface area contributed by atoms with E-state index in [2.05, 4.69) is 25.3 Å². The molecule has 2 aromatic rings. The Morgan fingerprint density at radius 2 is 2.32 bits per heavy atom. The van der Waals surface area contributed by atoms with Crippen molar-refractivity contribution in [3.8, 4) is 0 Å². The zero-order valence-corrected chi connectivity index (χ0v) is 10.3. The molecule has 0 radical (unpaired) electrons. The van der Waals surface area contributed by atoms with Crippen LogP contribution in [0.5, 0.6) is 0 Å². The molecule has 0 aromatic carbocycles. The Bertz CT molecular complexity index is 557. The number of rotatable bonds is 5. The number of aromatic nitrogens is 2. The van der Waals surface area contributed by atoms with Gasteiger partial charge in [0.05, 0.1) is 5.56 Å². The molecule has 2 aromatic heterocycles. The Morgan fingerprint density at radius 3 is 3.00 bits per heavy atom. The second kappa shape index (κ2) is 5.94. The molecule has 0 bridgehead atoms. The number of anilines is 2. The Balaban J connectivity index is 2.17. The van der Waals surface area contributed by atoms with Gasteiger partial charge in [0.15, 0.2) is 17.5 Å². The fourth-order valence-electron chi connectivity index (χ4n) is 1.45. The van der Waals surface area contributed by atoms with Gasteiger partial charge in [0.2, 0.25) is 0 Å². The number of carbonyl (C=O) groups is 1. The molecule has 19 heavy (non-hydrogen) atoms. The lowest BCUT2D eigenvalue weighted by molar-refractivity contribution is 0.102. The van der Waals surface area contributed by atoms with E-state index >= 15 is 0 Å². The van der Waals surface area contributed by atoms with Crippen LogP contribution in [0.25, 0.3) is 0 Å². The number of halogens is 1. The number of hydrogen-bond acceptors (Lipinski definition) is 5. The van der Waals surface area contributed by atoms with Gasteiger partial charge in [-0.3, -0.25) is 4.79 Å². The topological polar surface area (TPSA) is 80.0 Å². The van der Waals surface area contributed by atoms with E-state index in [0.29, 0.717) is 6.54 Å². The first-order valence-electron chi connectivity index (χ1n) is 5.82. The highest BCUT2D eigenvalue weighted by atomic mass is 19.1. The Hall–Kier alpha value is -2.44. The van der Waals surface area contributed by atoms with Crippen molar-refractivity contribution < 1.29 is 13.7 Å². The SMILES string of the molecule is CCCNc1nccc(C(=O)Nc2ccon2)c1F. The Labute approximate surface area is 109 Å². The maximum atomic E-state index is 14.0. The van der Waals surface area contributed by atoms with Gasteiger partial charge in [-0.1, -0.05) is 12.1 Å². The molecule has 0 fully saturated rings. The van der Waals surface area contributed by atoms with Crippen molar-refractivity contribution in [2.24, 2.45) is 0 Å². The molecule has 2 N–H and O–H groups in total. The van der Waals surface area contributed by atoms with Gasteiger partial charge >= 0.3 is 0 Å². The molecule has 0 saturated heterocycles. The molecule has 0 aliphatic heterocycles. The third-order valence-corrected chi connectivity index (χ3v) is 2.36. The highest BCUT2D eigenvalue weighted by Gasteiger charge is 2.16. The van der Waals surface area contributed by atoms with Crippen molar-refractivity contribution in [2.75, 3.05) is 17.2 Å². The van der Waals surface area contributed by atoms with E-state index in [1.165, 1.54) is 24.6 Å². The zero-order valence-electron chi connectivity index (χ0n) is 10.3. The molecule has 7 heteroatoms. The molecule has 0 saturated carbocycles. The number of carbonyl (C=O) groups excluding carboxylic acids is 1. The maximum Gasteiger partial charge on any atom is 0.260 e. The second-order valence-electron chi connectivity index (χ2n) is 3.79. The monoisotopic (exact) mass is 264 g/mol. The quantitative estimate of drug-likeness (QED) is 0.866. The standard InChI is InChI=1S/C12H13FN4O2/c1-2-5-14-11-10(13)8(3-6-15-11)12(18)16-9-4-7-19-17-9/h3-4,6-7H,2,5H2,1H3,(H,14,15)(H,16,17,18). The normalized spacial score (nSPS) is 10.2. The molecule has 0 spiro atoms. The summed E-state index contributed by atoms with van der Waals surface area (Å²) >= 11 is 0. The van der Waals surface area contributed by atoms with E-state index < -0.39 is 11.7 Å². The van der Waals surface area contributed by atoms with Gasteiger partial charge in [0.1, 0.15) is 6.26 Å². The minimum absolute atomic E-state index is 0.0645. The smallest absolute Gasteiger partial charge is 0.260 e. The average Bonchev–Trinajstić information content (AvgIpc) is 2.90. The van der Waals surface area contributed by atoms with Gasteiger partial charge in [-0.25, -0.2) is 9.37 Å². The number of amides is 1. The van der Waals surface area contributed by atoms with E-state index in [9.17, 15) is 9.18 Å². The molecule has 1 amide bonds. The van der Waals surface area contributed by atoms with Crippen LogP contribution < -0.4 is 10.6 Å². The third kappa shape index (κ3) is 3.06. The first-order valence-corrected chi connectivity index (χ1v) is 5.82. The van der Waals surface area contributed by atoms with E-state index in [-0.39, 0.29) is 17.2 Å². The molecule has 0 aliphatic carbocycles. The van der Waals surface area contributed by atoms with Crippen LogP contribution in [0.1, 0.15) is 23.7 Å². The van der Waals surface area contributed by atoms with Crippen molar-refractivity contribution >= 4 is 17.5 Å². The summed E-state index contributed by atoms with van der Waals surface area (Å²) in [4.78, 5) is 15.7. The summed E-state index contributed by atoms with van der Waals surface area (Å²) in [5, 5.41) is 8.76. The minimum Gasteiger partial charge on any atom is -0.368 e. The zero-order chi connectivity index (χ0) is 13.7. The van der Waals surface area contributed by atoms with Gasteiger partial charge in [0.25, 0.3) is 5.91 Å². The summed E-state index contributed by atoms with van der Waals surface area (Å²) in [6.45, 7) is 2.53. The van der Waals surface area contributed by atoms with Gasteiger partial charge in [-0.2, -0.15) is 0 Å². The fraction of sp³-hybridized carbons (Fsp3) is 0.250. The van der Waals surface area contributed by atoms with Gasteiger partial charge in [-0.05, 0) is 12.5 Å². The third-order valence-electron chi connectivity index (χ3n) is 2.36. The summed E-state index contributed by atoms with van der Waals surface area (Å²) in [5.74, 6) is -0.996. The van der Waals surface area contributed by atoms with E-state index in [4.69, 9.17) is 0 Å². The molecular formula is C12H13FN4O2. The first-order chi connectivity index (χ1) is 9.22. The highest BCUT2D eigenvalue weighted by molar-refractivity contribution is 6.04. The largest absolute Gasteiger partial charge is 0.368 e. The lowest BCUT2D eigenvalue weighted by Crippen LogP contribution is -2.16. The van der Waals surface area contributed by atoms with Crippen LogP contribution in [0, 0.1) is 5.82 Å². The van der Waals surface area contributed by atoms with Crippen LogP contribution in [0.2, 0.25) is 0 Å². The van der Waals surface area contributed by atoms with Gasteiger partial charge in [-0.15, -0.1) is 0 Å². The van der Waals surface area contributed by atoms with Crippen molar-refractivity contribution in [1.82, 2.24) is 10.1 Å². The van der Waals surface area contributed by atoms with Gasteiger partial charge in [0, 0.05) is 18.8 Å². The van der Waals surface area contributed by atoms with Crippen molar-refractivity contribution in [3.05, 3.63) is 36.0 Å². The Kier molecular flexibility index (Phi) is 4.07. The van der Waals surface area contributed by atoms with E-state index in [0.717, 1.165) is 6.42 Å². The summed E-state index contributed by atoms with van der Waals surface area (Å²) in [5.41, 5.74) is -0.100. The number of nitrogens with one attached hydrogen (secondary N) is 2. The van der Waals surface area contributed by atoms with Crippen LogP contribution in [-0.2, 0) is 0 Å². The first kappa shape index (κ1) is 13.0. The highest BCUT2D eigenvalue weighted by Crippen LogP contribution is 2.16. The van der Waals surface area contributed by atoms with Gasteiger partial charge < -0.3 is 15.2 Å². The predicted octanol–water partition coefficient (Wildman–Crippen LogP) is 2.28. The van der Waals surface area contributed by atoms with Crippen LogP contribution in [0.15, 0.2) is 29.1 Å². The maximum absolute atomic E-state index is 14.0. The predicted molar refractivity (Wildman–Crippen MR) is 67.4 cm³/mol. The molecule has 0 unspecified atom stereocenters. The van der Waals surface area contributed by atoms with Crippen LogP contribution in [0.3, 0.4) is 0 Å². The average molecular weight is 264 g/mol. The van der Waals surface area contributed by atoms with E-state index in [1.54, 1.807) is 0 Å². The Morgan fingerprint density at radius 1 is 1.47 bits per heavy atom. The summed E-state index contributed by atoms with van der Waals surface area (Å²) in [6, 6.07) is 2.77. The molecule has 0 atom stereocenters. The van der Waals surface area contributed by atoms with Crippen LogP contribution in [0.4, 0.5) is 16.0 Å². The molecule has 2 rings (SSSR count). The van der Waals surface area contributed by atoms with E-state index in [1.807, 2.05) is 6.92 Å². The summed E-state index contributed by atoms with van der Waals surface area (Å²) in [7, 11) is 0. The van der Waals surface area contributed by atoms with Crippen molar-refractivity contribution in [1.29, 1.82) is 0 Å². The lowest BCUT2D eigenvalue weighted by Gasteiger charge is -2.08. The molecule has 2 heterocycles. The summed E-state index contributed by atoms with van der Waals surface area (Å²) < 4.78 is 18.6. The van der Waals surface area contributed by atoms with Crippen molar-refractivity contribution in [2.45, 2.75) is 13.3 Å². The minimum atomic E-state index is -0.683. The summed E-state index contributed by atoms with van der Waals surface area (Å²) in [6.07, 6.45) is 3.52. The number of nitrogens with zero attached hydrogens (tertiary/aromatic N) is 2. The molecule has 100 valence electrons. The van der Waals surface area contributed by atoms with Crippen molar-refractivity contribution in [3.63, 3.8) is 0 Å². The molecule has 6 nitrogen and oxygen atoms in total. The number of pyridine rings is 1. The fourth-order valence-corrected chi connectivity index (χ4v) is 1.45. The molecular weight excluding hydrogens is 251 g/mol. The van der Waals surface area contributed by atoms with Crippen LogP contribution in [-0.4, -0.2) is 22.6 Å². The number of hydrogen-bond donors (Lipinski definition) is 2. The lowest BCUT2D eigenvalue weighted by atomic mass is 10.2.